The molecule has 1 atom stereocenters. The Balaban J connectivity index is 2.35. The summed E-state index contributed by atoms with van der Waals surface area (Å²) in [7, 11) is 1.57. The second-order valence-electron chi connectivity index (χ2n) is 6.48. The number of aryl methyl sites for hydroxylation is 1. The Morgan fingerprint density at radius 3 is 2.76 bits per heavy atom. The van der Waals surface area contributed by atoms with Gasteiger partial charge in [0.2, 0.25) is 5.91 Å². The van der Waals surface area contributed by atoms with Crippen LogP contribution >= 0.6 is 0 Å². The van der Waals surface area contributed by atoms with E-state index in [-0.39, 0.29) is 5.70 Å². The van der Waals surface area contributed by atoms with Gasteiger partial charge >= 0.3 is 0 Å². The molecule has 0 fully saturated rings. The standard InChI is InChI=1S/C22H24FN3O3/c1-6-8-20(15(3)23)24-21(27)16(4)26-22(28)18(11-14(2)25-26)12-17-9-7-10-19(13-17)29-5/h6-11,13,16H,1,3,12H2,2,4-5H3,(H,24,27)/b20-8+. The molecule has 0 saturated heterocycles. The van der Waals surface area contributed by atoms with Crippen molar-refractivity contribution in [1.82, 2.24) is 15.1 Å². The van der Waals surface area contributed by atoms with Gasteiger partial charge in [-0.1, -0.05) is 31.4 Å². The number of benzene rings is 1. The smallest absolute Gasteiger partial charge is 0.271 e. The molecular formula is C22H24FN3O3. The Bertz CT molecular complexity index is 1020. The molecule has 0 saturated carbocycles. The second kappa shape index (κ2) is 9.64. The van der Waals surface area contributed by atoms with E-state index in [0.717, 1.165) is 10.2 Å². The third-order valence-corrected chi connectivity index (χ3v) is 4.24. The van der Waals surface area contributed by atoms with Crippen molar-refractivity contribution in [2.24, 2.45) is 0 Å². The molecule has 2 aromatic rings. The highest BCUT2D eigenvalue weighted by atomic mass is 19.1. The highest BCUT2D eigenvalue weighted by molar-refractivity contribution is 5.82. The van der Waals surface area contributed by atoms with Crippen LogP contribution in [-0.2, 0) is 11.2 Å². The van der Waals surface area contributed by atoms with Crippen molar-refractivity contribution >= 4 is 5.91 Å². The topological polar surface area (TPSA) is 73.2 Å². The van der Waals surface area contributed by atoms with Gasteiger partial charge in [0, 0.05) is 12.0 Å². The van der Waals surface area contributed by atoms with Gasteiger partial charge in [-0.25, -0.2) is 9.07 Å². The van der Waals surface area contributed by atoms with Gasteiger partial charge < -0.3 is 10.1 Å². The lowest BCUT2D eigenvalue weighted by Gasteiger charge is -2.16. The van der Waals surface area contributed by atoms with E-state index in [2.05, 4.69) is 23.6 Å². The first kappa shape index (κ1) is 21.8. The Kier molecular flexibility index (Phi) is 7.25. The number of nitrogens with one attached hydrogen (secondary N) is 1. The van der Waals surface area contributed by atoms with Crippen LogP contribution in [0, 0.1) is 6.92 Å². The third kappa shape index (κ3) is 5.51. The number of hydrogen-bond acceptors (Lipinski definition) is 4. The lowest BCUT2D eigenvalue weighted by atomic mass is 10.1. The summed E-state index contributed by atoms with van der Waals surface area (Å²) >= 11 is 0. The Labute approximate surface area is 169 Å². The Morgan fingerprint density at radius 1 is 1.41 bits per heavy atom. The summed E-state index contributed by atoms with van der Waals surface area (Å²) in [5.41, 5.74) is 1.45. The van der Waals surface area contributed by atoms with Gasteiger partial charge in [-0.2, -0.15) is 5.10 Å². The van der Waals surface area contributed by atoms with E-state index in [1.165, 1.54) is 19.1 Å². The quantitative estimate of drug-likeness (QED) is 0.693. The lowest BCUT2D eigenvalue weighted by Crippen LogP contribution is -2.38. The van der Waals surface area contributed by atoms with Gasteiger partial charge in [-0.15, -0.1) is 0 Å². The molecule has 1 amide bonds. The number of rotatable bonds is 8. The van der Waals surface area contributed by atoms with Crippen LogP contribution in [0.15, 0.2) is 72.0 Å². The molecule has 6 nitrogen and oxygen atoms in total. The van der Waals surface area contributed by atoms with Gasteiger partial charge in [0.05, 0.1) is 18.5 Å². The lowest BCUT2D eigenvalue weighted by molar-refractivity contribution is -0.123. The van der Waals surface area contributed by atoms with Gasteiger partial charge in [0.1, 0.15) is 17.6 Å². The molecule has 0 aliphatic rings. The molecule has 0 aliphatic heterocycles. The fraction of sp³-hybridized carbons (Fsp3) is 0.227. The maximum atomic E-state index is 13.5. The van der Waals surface area contributed by atoms with Crippen molar-refractivity contribution in [3.05, 3.63) is 94.3 Å². The fourth-order valence-electron chi connectivity index (χ4n) is 2.76. The number of amides is 1. The van der Waals surface area contributed by atoms with Crippen LogP contribution in [-0.4, -0.2) is 22.8 Å². The van der Waals surface area contributed by atoms with Crippen LogP contribution in [0.1, 0.15) is 29.8 Å². The molecule has 1 aromatic heterocycles. The average Bonchev–Trinajstić information content (AvgIpc) is 2.69. The molecule has 1 aromatic carbocycles. The second-order valence-corrected chi connectivity index (χ2v) is 6.48. The predicted octanol–water partition coefficient (Wildman–Crippen LogP) is 3.38. The third-order valence-electron chi connectivity index (χ3n) is 4.24. The molecule has 0 bridgehead atoms. The maximum absolute atomic E-state index is 13.5. The molecule has 7 heteroatoms. The molecule has 1 N–H and O–H groups in total. The number of carbonyl (C=O) groups excluding carboxylic acids is 1. The summed E-state index contributed by atoms with van der Waals surface area (Å²) in [5.74, 6) is -0.715. The van der Waals surface area contributed by atoms with Crippen molar-refractivity contribution in [3.63, 3.8) is 0 Å². The van der Waals surface area contributed by atoms with Gasteiger partial charge in [0.15, 0.2) is 0 Å². The predicted molar refractivity (Wildman–Crippen MR) is 110 cm³/mol. The summed E-state index contributed by atoms with van der Waals surface area (Å²) in [5, 5.41) is 6.60. The number of carbonyl (C=O) groups is 1. The summed E-state index contributed by atoms with van der Waals surface area (Å²) < 4.78 is 19.8. The van der Waals surface area contributed by atoms with Crippen molar-refractivity contribution in [1.29, 1.82) is 0 Å². The molecule has 29 heavy (non-hydrogen) atoms. The normalized spacial score (nSPS) is 12.2. The van der Waals surface area contributed by atoms with E-state index in [4.69, 9.17) is 4.74 Å². The zero-order valence-corrected chi connectivity index (χ0v) is 16.7. The van der Waals surface area contributed by atoms with Crippen LogP contribution in [0.25, 0.3) is 0 Å². The van der Waals surface area contributed by atoms with Crippen LogP contribution in [0.4, 0.5) is 4.39 Å². The zero-order chi connectivity index (χ0) is 21.6. The van der Waals surface area contributed by atoms with Crippen LogP contribution in [0.3, 0.4) is 0 Å². The van der Waals surface area contributed by atoms with Gasteiger partial charge in [0.25, 0.3) is 5.56 Å². The Hall–Kier alpha value is -3.48. The van der Waals surface area contributed by atoms with Crippen molar-refractivity contribution in [2.45, 2.75) is 26.3 Å². The fourth-order valence-corrected chi connectivity index (χ4v) is 2.76. The molecular weight excluding hydrogens is 373 g/mol. The number of aromatic nitrogens is 2. The number of allylic oxidation sites excluding steroid dienone is 3. The highest BCUT2D eigenvalue weighted by Crippen LogP contribution is 2.16. The van der Waals surface area contributed by atoms with Crippen LogP contribution < -0.4 is 15.6 Å². The number of ether oxygens (including phenoxy) is 1. The molecule has 0 radical (unpaired) electrons. The molecule has 2 rings (SSSR count). The summed E-state index contributed by atoms with van der Waals surface area (Å²) in [6, 6.07) is 8.12. The van der Waals surface area contributed by atoms with E-state index in [9.17, 15) is 14.0 Å². The van der Waals surface area contributed by atoms with E-state index in [1.54, 1.807) is 20.1 Å². The minimum atomic E-state index is -0.959. The molecule has 0 spiro atoms. The van der Waals surface area contributed by atoms with Crippen molar-refractivity contribution in [2.75, 3.05) is 7.11 Å². The van der Waals surface area contributed by atoms with Crippen molar-refractivity contribution in [3.8, 4) is 5.75 Å². The Morgan fingerprint density at radius 2 is 2.14 bits per heavy atom. The van der Waals surface area contributed by atoms with E-state index < -0.39 is 23.3 Å². The first-order chi connectivity index (χ1) is 13.8. The summed E-state index contributed by atoms with van der Waals surface area (Å²) in [6.45, 7) is 9.90. The minimum absolute atomic E-state index is 0.117. The minimum Gasteiger partial charge on any atom is -0.497 e. The largest absolute Gasteiger partial charge is 0.497 e. The number of halogens is 1. The molecule has 1 unspecified atom stereocenters. The molecule has 1 heterocycles. The average molecular weight is 397 g/mol. The zero-order valence-electron chi connectivity index (χ0n) is 16.7. The highest BCUT2D eigenvalue weighted by Gasteiger charge is 2.21. The first-order valence-corrected chi connectivity index (χ1v) is 8.97. The van der Waals surface area contributed by atoms with Gasteiger partial charge in [-0.3, -0.25) is 9.59 Å². The van der Waals surface area contributed by atoms with Crippen molar-refractivity contribution < 1.29 is 13.9 Å². The number of methoxy groups -OCH3 is 1. The van der Waals surface area contributed by atoms with Gasteiger partial charge in [-0.05, 0) is 43.7 Å². The van der Waals surface area contributed by atoms with E-state index in [1.807, 2.05) is 24.3 Å². The SMILES string of the molecule is C=C/C=C(/NC(=O)C(C)n1nc(C)cc(Cc2cccc(OC)c2)c1=O)C(=C)F. The van der Waals surface area contributed by atoms with E-state index in [0.29, 0.717) is 23.4 Å². The monoisotopic (exact) mass is 397 g/mol. The molecule has 0 aliphatic carbocycles. The van der Waals surface area contributed by atoms with Crippen LogP contribution in [0.2, 0.25) is 0 Å². The summed E-state index contributed by atoms with van der Waals surface area (Å²) in [4.78, 5) is 25.5. The maximum Gasteiger partial charge on any atom is 0.271 e. The van der Waals surface area contributed by atoms with E-state index >= 15 is 0 Å². The summed E-state index contributed by atoms with van der Waals surface area (Å²) in [6.07, 6.45) is 2.97. The van der Waals surface area contributed by atoms with Crippen LogP contribution in [0.5, 0.6) is 5.75 Å². The molecule has 152 valence electrons. The first-order valence-electron chi connectivity index (χ1n) is 8.97. The number of hydrogen-bond donors (Lipinski definition) is 1. The number of nitrogens with zero attached hydrogens (tertiary/aromatic N) is 2.